The standard InChI is InChI=1S/C23H23F3N6O2/c1-14(23(24,25)26)12-32(16-7-17(33-3)9-18(8-16)34-4)21-6-5-19-22(30-21)29-20(11-27-19)15-10-28-31(2)13-15/h5-11,13-14H,12H2,1-4H3. The van der Waals surface area contributed by atoms with Gasteiger partial charge in [-0.1, -0.05) is 6.92 Å². The zero-order valence-corrected chi connectivity index (χ0v) is 19.0. The molecule has 0 aliphatic rings. The van der Waals surface area contributed by atoms with Crippen LogP contribution in [0.4, 0.5) is 24.7 Å². The minimum atomic E-state index is -4.38. The van der Waals surface area contributed by atoms with Crippen molar-refractivity contribution in [2.45, 2.75) is 13.1 Å². The van der Waals surface area contributed by atoms with Crippen LogP contribution in [0.2, 0.25) is 0 Å². The Kier molecular flexibility index (Phi) is 6.27. The second kappa shape index (κ2) is 9.16. The number of pyridine rings is 1. The second-order valence-electron chi connectivity index (χ2n) is 7.79. The topological polar surface area (TPSA) is 78.2 Å². The number of hydrogen-bond acceptors (Lipinski definition) is 7. The average Bonchev–Trinajstić information content (AvgIpc) is 3.26. The third-order valence-electron chi connectivity index (χ3n) is 5.33. The van der Waals surface area contributed by atoms with E-state index in [2.05, 4.69) is 20.1 Å². The summed E-state index contributed by atoms with van der Waals surface area (Å²) in [7, 11) is 4.74. The summed E-state index contributed by atoms with van der Waals surface area (Å²) in [6.45, 7) is 0.764. The van der Waals surface area contributed by atoms with E-state index in [0.29, 0.717) is 34.0 Å². The van der Waals surface area contributed by atoms with Crippen molar-refractivity contribution in [2.75, 3.05) is 25.7 Å². The first kappa shape index (κ1) is 23.3. The highest BCUT2D eigenvalue weighted by atomic mass is 19.4. The van der Waals surface area contributed by atoms with Crippen molar-refractivity contribution < 1.29 is 22.6 Å². The summed E-state index contributed by atoms with van der Waals surface area (Å²) < 4.78 is 52.8. The highest BCUT2D eigenvalue weighted by molar-refractivity contribution is 5.77. The number of ether oxygens (including phenoxy) is 2. The Bertz CT molecular complexity index is 1290. The fourth-order valence-electron chi connectivity index (χ4n) is 3.39. The predicted molar refractivity (Wildman–Crippen MR) is 121 cm³/mol. The number of rotatable bonds is 7. The number of fused-ring (bicyclic) bond motifs is 1. The van der Waals surface area contributed by atoms with Gasteiger partial charge in [0.1, 0.15) is 22.8 Å². The lowest BCUT2D eigenvalue weighted by molar-refractivity contribution is -0.166. The van der Waals surface area contributed by atoms with Crippen molar-refractivity contribution in [2.24, 2.45) is 13.0 Å². The molecule has 0 amide bonds. The zero-order valence-electron chi connectivity index (χ0n) is 19.0. The van der Waals surface area contributed by atoms with Gasteiger partial charge in [0.2, 0.25) is 0 Å². The highest BCUT2D eigenvalue weighted by Gasteiger charge is 2.37. The molecule has 1 atom stereocenters. The summed E-state index contributed by atoms with van der Waals surface area (Å²) in [5.41, 5.74) is 2.57. The van der Waals surface area contributed by atoms with E-state index < -0.39 is 12.1 Å². The maximum atomic E-state index is 13.5. The molecule has 8 nitrogen and oxygen atoms in total. The maximum Gasteiger partial charge on any atom is 0.393 e. The lowest BCUT2D eigenvalue weighted by Gasteiger charge is -2.28. The molecule has 0 N–H and O–H groups in total. The molecule has 34 heavy (non-hydrogen) atoms. The molecule has 4 aromatic rings. The van der Waals surface area contributed by atoms with Gasteiger partial charge in [-0.2, -0.15) is 18.3 Å². The zero-order chi connectivity index (χ0) is 24.5. The summed E-state index contributed by atoms with van der Waals surface area (Å²) in [6.07, 6.45) is 0.668. The number of alkyl halides is 3. The van der Waals surface area contributed by atoms with E-state index in [1.165, 1.54) is 19.1 Å². The van der Waals surface area contributed by atoms with Gasteiger partial charge in [0.05, 0.1) is 38.2 Å². The Labute approximate surface area is 194 Å². The van der Waals surface area contributed by atoms with E-state index in [1.807, 2.05) is 0 Å². The van der Waals surface area contributed by atoms with Crippen molar-refractivity contribution in [3.63, 3.8) is 0 Å². The molecule has 3 heterocycles. The van der Waals surface area contributed by atoms with E-state index in [9.17, 15) is 13.2 Å². The molecule has 0 saturated heterocycles. The lowest BCUT2D eigenvalue weighted by Crippen LogP contribution is -2.33. The summed E-state index contributed by atoms with van der Waals surface area (Å²) in [4.78, 5) is 15.0. The molecule has 4 rings (SSSR count). The number of hydrogen-bond donors (Lipinski definition) is 0. The van der Waals surface area contributed by atoms with Gasteiger partial charge in [-0.25, -0.2) is 9.97 Å². The van der Waals surface area contributed by atoms with Crippen molar-refractivity contribution in [3.05, 3.63) is 48.9 Å². The highest BCUT2D eigenvalue weighted by Crippen LogP contribution is 2.36. The van der Waals surface area contributed by atoms with Crippen molar-refractivity contribution in [3.8, 4) is 22.8 Å². The summed E-state index contributed by atoms with van der Waals surface area (Å²) >= 11 is 0. The van der Waals surface area contributed by atoms with Gasteiger partial charge in [0.15, 0.2) is 5.65 Å². The number of aromatic nitrogens is 5. The van der Waals surface area contributed by atoms with Gasteiger partial charge < -0.3 is 14.4 Å². The first-order valence-electron chi connectivity index (χ1n) is 10.4. The van der Waals surface area contributed by atoms with Gasteiger partial charge in [-0.3, -0.25) is 9.67 Å². The van der Waals surface area contributed by atoms with E-state index >= 15 is 0 Å². The van der Waals surface area contributed by atoms with E-state index in [0.717, 1.165) is 12.5 Å². The second-order valence-corrected chi connectivity index (χ2v) is 7.79. The molecule has 0 aliphatic heterocycles. The summed E-state index contributed by atoms with van der Waals surface area (Å²) in [5.74, 6) is -0.455. The van der Waals surface area contributed by atoms with Gasteiger partial charge in [0.25, 0.3) is 0 Å². The smallest absolute Gasteiger partial charge is 0.393 e. The third kappa shape index (κ3) is 4.87. The monoisotopic (exact) mass is 472 g/mol. The number of methoxy groups -OCH3 is 2. The molecule has 0 aliphatic carbocycles. The average molecular weight is 472 g/mol. The Morgan fingerprint density at radius 3 is 2.32 bits per heavy atom. The number of benzene rings is 1. The molecule has 0 spiro atoms. The van der Waals surface area contributed by atoms with Crippen LogP contribution in [0.1, 0.15) is 6.92 Å². The van der Waals surface area contributed by atoms with Crippen LogP contribution < -0.4 is 14.4 Å². The number of halogens is 3. The molecular formula is C23H23F3N6O2. The maximum absolute atomic E-state index is 13.5. The van der Waals surface area contributed by atoms with E-state index in [-0.39, 0.29) is 12.4 Å². The van der Waals surface area contributed by atoms with Gasteiger partial charge in [0, 0.05) is 49.2 Å². The Balaban J connectivity index is 1.82. The minimum absolute atomic E-state index is 0.288. The van der Waals surface area contributed by atoms with E-state index in [4.69, 9.17) is 9.47 Å². The van der Waals surface area contributed by atoms with Crippen molar-refractivity contribution >= 4 is 22.7 Å². The largest absolute Gasteiger partial charge is 0.497 e. The molecule has 178 valence electrons. The van der Waals surface area contributed by atoms with E-state index in [1.54, 1.807) is 60.7 Å². The van der Waals surface area contributed by atoms with Gasteiger partial charge >= 0.3 is 6.18 Å². The molecule has 0 radical (unpaired) electrons. The molecule has 0 bridgehead atoms. The van der Waals surface area contributed by atoms with Gasteiger partial charge in [-0.15, -0.1) is 0 Å². The van der Waals surface area contributed by atoms with Crippen molar-refractivity contribution in [1.82, 2.24) is 24.7 Å². The van der Waals surface area contributed by atoms with Crippen LogP contribution in [-0.4, -0.2) is 51.7 Å². The number of nitrogens with zero attached hydrogens (tertiary/aromatic N) is 6. The molecule has 1 aromatic carbocycles. The third-order valence-corrected chi connectivity index (χ3v) is 5.33. The first-order valence-corrected chi connectivity index (χ1v) is 10.4. The summed E-state index contributed by atoms with van der Waals surface area (Å²) in [5, 5.41) is 4.14. The first-order chi connectivity index (χ1) is 16.2. The Morgan fingerprint density at radius 2 is 1.74 bits per heavy atom. The van der Waals surface area contributed by atoms with Crippen LogP contribution in [0.25, 0.3) is 22.4 Å². The minimum Gasteiger partial charge on any atom is -0.497 e. The molecule has 3 aromatic heterocycles. The van der Waals surface area contributed by atoms with Crippen LogP contribution in [0.3, 0.4) is 0 Å². The van der Waals surface area contributed by atoms with Crippen molar-refractivity contribution in [1.29, 1.82) is 0 Å². The molecule has 11 heteroatoms. The fourth-order valence-corrected chi connectivity index (χ4v) is 3.39. The molecular weight excluding hydrogens is 449 g/mol. The quantitative estimate of drug-likeness (QED) is 0.383. The Hall–Kier alpha value is -3.89. The Morgan fingerprint density at radius 1 is 1.03 bits per heavy atom. The molecule has 1 unspecified atom stereocenters. The number of aryl methyl sites for hydroxylation is 1. The van der Waals surface area contributed by atoms with Gasteiger partial charge in [-0.05, 0) is 12.1 Å². The van der Waals surface area contributed by atoms with Crippen LogP contribution in [0.5, 0.6) is 11.5 Å². The van der Waals surface area contributed by atoms with Crippen LogP contribution >= 0.6 is 0 Å². The predicted octanol–water partition coefficient (Wildman–Crippen LogP) is 4.78. The van der Waals surface area contributed by atoms with Crippen LogP contribution in [-0.2, 0) is 7.05 Å². The van der Waals surface area contributed by atoms with Crippen LogP contribution in [0, 0.1) is 5.92 Å². The van der Waals surface area contributed by atoms with Crippen LogP contribution in [0.15, 0.2) is 48.9 Å². The fraction of sp³-hybridized carbons (Fsp3) is 0.304. The SMILES string of the molecule is COc1cc(OC)cc(N(CC(C)C(F)(F)F)c2ccc3ncc(-c4cnn(C)c4)nc3n2)c1. The molecule has 0 fully saturated rings. The summed E-state index contributed by atoms with van der Waals surface area (Å²) in [6, 6.07) is 8.22. The normalized spacial score (nSPS) is 12.6. The number of anilines is 2. The lowest BCUT2D eigenvalue weighted by atomic mass is 10.1. The molecule has 0 saturated carbocycles.